The summed E-state index contributed by atoms with van der Waals surface area (Å²) in [6.07, 6.45) is 1.51. The zero-order valence-electron chi connectivity index (χ0n) is 14.0. The summed E-state index contributed by atoms with van der Waals surface area (Å²) in [5, 5.41) is 3.80. The molecule has 1 aliphatic heterocycles. The average molecular weight is 405 g/mol. The van der Waals surface area contributed by atoms with Crippen LogP contribution in [0.1, 0.15) is 22.5 Å². The van der Waals surface area contributed by atoms with E-state index in [9.17, 15) is 13.2 Å². The number of ether oxygens (including phenoxy) is 1. The number of carbonyl (C=O) groups is 1. The Morgan fingerprint density at radius 1 is 1.28 bits per heavy atom. The largest absolute Gasteiger partial charge is 0.465 e. The molecule has 0 saturated carbocycles. The van der Waals surface area contributed by atoms with Gasteiger partial charge in [0.25, 0.3) is 0 Å². The van der Waals surface area contributed by atoms with Crippen molar-refractivity contribution in [3.63, 3.8) is 0 Å². The number of hydrogen-bond donors (Lipinski definition) is 1. The number of fused-ring (bicyclic) bond motifs is 1. The SMILES string of the molecule is COC(=O)c1sc2ccccc2c1S(=O)(=O)N(C)C1CCNCC1.Cl. The fraction of sp³-hybridized carbons (Fsp3) is 0.438. The fourth-order valence-electron chi connectivity index (χ4n) is 3.02. The lowest BCUT2D eigenvalue weighted by Gasteiger charge is -2.30. The van der Waals surface area contributed by atoms with Crippen LogP contribution in [0.25, 0.3) is 10.1 Å². The van der Waals surface area contributed by atoms with Crippen LogP contribution in [0.4, 0.5) is 0 Å². The number of nitrogens with one attached hydrogen (secondary N) is 1. The van der Waals surface area contributed by atoms with Crippen molar-refractivity contribution in [3.8, 4) is 0 Å². The summed E-state index contributed by atoms with van der Waals surface area (Å²) in [5.41, 5.74) is 0. The van der Waals surface area contributed by atoms with Crippen molar-refractivity contribution in [3.05, 3.63) is 29.1 Å². The highest BCUT2D eigenvalue weighted by Gasteiger charge is 2.35. The maximum atomic E-state index is 13.3. The summed E-state index contributed by atoms with van der Waals surface area (Å²) in [6.45, 7) is 1.58. The first-order chi connectivity index (χ1) is 11.5. The minimum atomic E-state index is -3.79. The third-order valence-electron chi connectivity index (χ3n) is 4.38. The lowest BCUT2D eigenvalue weighted by molar-refractivity contribution is 0.0602. The van der Waals surface area contributed by atoms with Gasteiger partial charge in [-0.2, -0.15) is 4.31 Å². The van der Waals surface area contributed by atoms with Crippen molar-refractivity contribution in [1.29, 1.82) is 0 Å². The molecule has 2 aromatic rings. The van der Waals surface area contributed by atoms with Gasteiger partial charge in [0.2, 0.25) is 10.0 Å². The molecule has 2 heterocycles. The van der Waals surface area contributed by atoms with Gasteiger partial charge in [-0.1, -0.05) is 18.2 Å². The molecule has 3 rings (SSSR count). The van der Waals surface area contributed by atoms with Crippen molar-refractivity contribution in [1.82, 2.24) is 9.62 Å². The molecular weight excluding hydrogens is 384 g/mol. The van der Waals surface area contributed by atoms with Gasteiger partial charge < -0.3 is 10.1 Å². The Morgan fingerprint density at radius 3 is 2.56 bits per heavy atom. The van der Waals surface area contributed by atoms with Crippen molar-refractivity contribution in [2.24, 2.45) is 0 Å². The smallest absolute Gasteiger partial charge is 0.349 e. The van der Waals surface area contributed by atoms with Crippen LogP contribution in [-0.4, -0.2) is 52.0 Å². The number of sulfonamides is 1. The number of piperidine rings is 1. The van der Waals surface area contributed by atoms with E-state index in [1.54, 1.807) is 19.2 Å². The summed E-state index contributed by atoms with van der Waals surface area (Å²) in [6, 6.07) is 7.09. The number of halogens is 1. The standard InChI is InChI=1S/C16H20N2O4S2.ClH/c1-18(11-7-9-17-10-8-11)24(20,21)15-12-5-3-4-6-13(12)23-14(15)16(19)22-2;/h3-6,11,17H,7-10H2,1-2H3;1H. The molecule has 6 nitrogen and oxygen atoms in total. The zero-order chi connectivity index (χ0) is 17.3. The molecule has 0 atom stereocenters. The molecule has 0 amide bonds. The van der Waals surface area contributed by atoms with Crippen molar-refractivity contribution in [2.45, 2.75) is 23.8 Å². The molecular formula is C16H21ClN2O4S2. The summed E-state index contributed by atoms with van der Waals surface area (Å²) in [4.78, 5) is 12.3. The molecule has 0 radical (unpaired) electrons. The Balaban J connectivity index is 0.00000225. The highest BCUT2D eigenvalue weighted by Crippen LogP contribution is 2.37. The fourth-order valence-corrected chi connectivity index (χ4v) is 6.20. The third-order valence-corrected chi connectivity index (χ3v) is 7.66. The summed E-state index contributed by atoms with van der Waals surface area (Å²) >= 11 is 1.15. The van der Waals surface area contributed by atoms with E-state index in [4.69, 9.17) is 4.74 Å². The number of nitrogens with zero attached hydrogens (tertiary/aromatic N) is 1. The van der Waals surface area contributed by atoms with E-state index in [1.165, 1.54) is 11.4 Å². The van der Waals surface area contributed by atoms with E-state index in [0.29, 0.717) is 5.39 Å². The minimum Gasteiger partial charge on any atom is -0.465 e. The first kappa shape index (κ1) is 20.1. The van der Waals surface area contributed by atoms with E-state index < -0.39 is 16.0 Å². The van der Waals surface area contributed by atoms with Crippen LogP contribution in [-0.2, 0) is 14.8 Å². The number of hydrogen-bond acceptors (Lipinski definition) is 6. The number of rotatable bonds is 4. The number of esters is 1. The lowest BCUT2D eigenvalue weighted by atomic mass is 10.1. The van der Waals surface area contributed by atoms with Gasteiger partial charge in [0.1, 0.15) is 9.77 Å². The molecule has 1 aliphatic rings. The summed E-state index contributed by atoms with van der Waals surface area (Å²) < 4.78 is 33.5. The monoisotopic (exact) mass is 404 g/mol. The van der Waals surface area contributed by atoms with Gasteiger partial charge in [-0.05, 0) is 32.0 Å². The van der Waals surface area contributed by atoms with Crippen molar-refractivity contribution < 1.29 is 17.9 Å². The zero-order valence-corrected chi connectivity index (χ0v) is 16.5. The maximum Gasteiger partial charge on any atom is 0.349 e. The molecule has 1 aromatic carbocycles. The highest BCUT2D eigenvalue weighted by atomic mass is 35.5. The summed E-state index contributed by atoms with van der Waals surface area (Å²) in [7, 11) is -0.933. The number of carbonyl (C=O) groups excluding carboxylic acids is 1. The highest BCUT2D eigenvalue weighted by molar-refractivity contribution is 7.89. The van der Waals surface area contributed by atoms with Crippen LogP contribution in [0.2, 0.25) is 0 Å². The van der Waals surface area contributed by atoms with Gasteiger partial charge in [-0.25, -0.2) is 13.2 Å². The first-order valence-electron chi connectivity index (χ1n) is 7.75. The van der Waals surface area contributed by atoms with Gasteiger partial charge >= 0.3 is 5.97 Å². The van der Waals surface area contributed by atoms with Gasteiger partial charge in [-0.3, -0.25) is 0 Å². The van der Waals surface area contributed by atoms with Crippen molar-refractivity contribution >= 4 is 49.8 Å². The molecule has 0 bridgehead atoms. The molecule has 1 saturated heterocycles. The van der Waals surface area contributed by atoms with Gasteiger partial charge in [0.15, 0.2) is 0 Å². The van der Waals surface area contributed by atoms with E-state index >= 15 is 0 Å². The molecule has 1 N–H and O–H groups in total. The lowest BCUT2D eigenvalue weighted by Crippen LogP contribution is -2.44. The van der Waals surface area contributed by atoms with E-state index in [2.05, 4.69) is 5.32 Å². The quantitative estimate of drug-likeness (QED) is 0.792. The minimum absolute atomic E-state index is 0. The number of methoxy groups -OCH3 is 1. The normalized spacial score (nSPS) is 16.0. The van der Waals surface area contributed by atoms with Crippen LogP contribution >= 0.6 is 23.7 Å². The van der Waals surface area contributed by atoms with Crippen LogP contribution < -0.4 is 5.32 Å². The second-order valence-electron chi connectivity index (χ2n) is 5.75. The molecule has 25 heavy (non-hydrogen) atoms. The Hall–Kier alpha value is -1.19. The first-order valence-corrected chi connectivity index (χ1v) is 10.0. The maximum absolute atomic E-state index is 13.3. The number of benzene rings is 1. The Kier molecular flexibility index (Phi) is 6.45. The topological polar surface area (TPSA) is 75.7 Å². The molecule has 138 valence electrons. The van der Waals surface area contributed by atoms with Crippen LogP contribution in [0.3, 0.4) is 0 Å². The Morgan fingerprint density at radius 2 is 1.92 bits per heavy atom. The van der Waals surface area contributed by atoms with Crippen LogP contribution in [0.5, 0.6) is 0 Å². The number of thiophene rings is 1. The predicted molar refractivity (Wildman–Crippen MR) is 101 cm³/mol. The van der Waals surface area contributed by atoms with Gasteiger partial charge in [-0.15, -0.1) is 23.7 Å². The Bertz CT molecular complexity index is 860. The van der Waals surface area contributed by atoms with Crippen LogP contribution in [0.15, 0.2) is 29.2 Å². The van der Waals surface area contributed by atoms with Crippen LogP contribution in [0, 0.1) is 0 Å². The average Bonchev–Trinajstić information content (AvgIpc) is 3.01. The second-order valence-corrected chi connectivity index (χ2v) is 8.74. The molecule has 1 aromatic heterocycles. The van der Waals surface area contributed by atoms with Gasteiger partial charge in [0.05, 0.1) is 7.11 Å². The van der Waals surface area contributed by atoms with Gasteiger partial charge in [0, 0.05) is 23.2 Å². The molecule has 0 aliphatic carbocycles. The third kappa shape index (κ3) is 3.68. The second kappa shape index (κ2) is 8.01. The van der Waals surface area contributed by atoms with E-state index in [1.807, 2.05) is 12.1 Å². The molecule has 1 fully saturated rings. The molecule has 9 heteroatoms. The predicted octanol–water partition coefficient (Wildman–Crippen LogP) is 2.48. The molecule has 0 spiro atoms. The Labute approximate surface area is 157 Å². The molecule has 0 unspecified atom stereocenters. The van der Waals surface area contributed by atoms with E-state index in [-0.39, 0.29) is 28.2 Å². The van der Waals surface area contributed by atoms with E-state index in [0.717, 1.165) is 42.0 Å². The summed E-state index contributed by atoms with van der Waals surface area (Å²) in [5.74, 6) is -0.617. The van der Waals surface area contributed by atoms with Crippen molar-refractivity contribution in [2.75, 3.05) is 27.2 Å².